The van der Waals surface area contributed by atoms with Crippen molar-refractivity contribution in [3.63, 3.8) is 0 Å². The molecule has 0 fully saturated rings. The average Bonchev–Trinajstić information content (AvgIpc) is 3.80. The lowest BCUT2D eigenvalue weighted by Crippen LogP contribution is -2.12. The van der Waals surface area contributed by atoms with Gasteiger partial charge in [0.1, 0.15) is 24.0 Å². The summed E-state index contributed by atoms with van der Waals surface area (Å²) < 4.78 is 5.53. The van der Waals surface area contributed by atoms with Gasteiger partial charge in [0.05, 0.1) is 27.9 Å². The number of fused-ring (bicyclic) bond motifs is 3. The first-order valence-electron chi connectivity index (χ1n) is 12.8. The third-order valence-corrected chi connectivity index (χ3v) is 6.71. The van der Waals surface area contributed by atoms with Gasteiger partial charge in [0.25, 0.3) is 0 Å². The van der Waals surface area contributed by atoms with Crippen LogP contribution in [0.4, 0.5) is 0 Å². The Morgan fingerprint density at radius 1 is 0.439 bits per heavy atom. The van der Waals surface area contributed by atoms with E-state index in [2.05, 4.69) is 24.9 Å². The summed E-state index contributed by atoms with van der Waals surface area (Å²) >= 11 is 0. The summed E-state index contributed by atoms with van der Waals surface area (Å²) in [6.07, 6.45) is 12.3. The van der Waals surface area contributed by atoms with E-state index in [-0.39, 0.29) is 0 Å². The average molecular weight is 534 g/mol. The van der Waals surface area contributed by atoms with E-state index in [1.165, 1.54) is 0 Å². The summed E-state index contributed by atoms with van der Waals surface area (Å²) in [6, 6.07) is 23.4. The van der Waals surface area contributed by atoms with Crippen molar-refractivity contribution in [1.29, 1.82) is 0 Å². The smallest absolute Gasteiger partial charge is 0.241 e. The Morgan fingerprint density at radius 3 is 1.63 bits per heavy atom. The molecule has 11 nitrogen and oxygen atoms in total. The molecule has 41 heavy (non-hydrogen) atoms. The number of aromatic nitrogens is 11. The molecule has 8 rings (SSSR count). The molecule has 0 bridgehead atoms. The Kier molecular flexibility index (Phi) is 5.17. The van der Waals surface area contributed by atoms with E-state index in [0.29, 0.717) is 29.2 Å². The largest absolute Gasteiger partial charge is 0.276 e. The maximum atomic E-state index is 4.91. The van der Waals surface area contributed by atoms with Crippen molar-refractivity contribution in [2.24, 2.45) is 0 Å². The van der Waals surface area contributed by atoms with Crippen LogP contribution < -0.4 is 0 Å². The molecule has 0 aliphatic heterocycles. The minimum Gasteiger partial charge on any atom is -0.276 e. The fraction of sp³-hybridized carbons (Fsp3) is 0. The summed E-state index contributed by atoms with van der Waals surface area (Å²) in [5, 5.41) is 1.01. The SMILES string of the molecule is c1ccc(-c2cn(-c3nc(-n4cnc(-c5ccccn5)c4)nc(-n4c5ccccc5c5ncccc54)n3)cn2)nc1. The molecule has 194 valence electrons. The summed E-state index contributed by atoms with van der Waals surface area (Å²) in [7, 11) is 0. The van der Waals surface area contributed by atoms with Crippen molar-refractivity contribution in [1.82, 2.24) is 53.6 Å². The number of hydrogen-bond donors (Lipinski definition) is 0. The van der Waals surface area contributed by atoms with Crippen LogP contribution in [0.2, 0.25) is 0 Å². The van der Waals surface area contributed by atoms with Gasteiger partial charge in [0.15, 0.2) is 0 Å². The van der Waals surface area contributed by atoms with Crippen LogP contribution in [-0.4, -0.2) is 53.6 Å². The molecule has 1 aromatic carbocycles. The zero-order valence-electron chi connectivity index (χ0n) is 21.4. The number of nitrogens with zero attached hydrogens (tertiary/aromatic N) is 11. The van der Waals surface area contributed by atoms with E-state index in [1.54, 1.807) is 40.4 Å². The quantitative estimate of drug-likeness (QED) is 0.308. The van der Waals surface area contributed by atoms with Crippen LogP contribution >= 0.6 is 0 Å². The molecule has 0 saturated heterocycles. The highest BCUT2D eigenvalue weighted by Gasteiger charge is 2.19. The number of pyridine rings is 3. The van der Waals surface area contributed by atoms with Crippen LogP contribution in [0, 0.1) is 0 Å². The fourth-order valence-corrected chi connectivity index (χ4v) is 4.83. The molecular formula is C30H19N11. The van der Waals surface area contributed by atoms with E-state index in [0.717, 1.165) is 33.3 Å². The van der Waals surface area contributed by atoms with Gasteiger partial charge < -0.3 is 0 Å². The molecule has 0 unspecified atom stereocenters. The molecule has 0 atom stereocenters. The van der Waals surface area contributed by atoms with Crippen LogP contribution in [0.1, 0.15) is 0 Å². The predicted molar refractivity (Wildman–Crippen MR) is 153 cm³/mol. The first-order chi connectivity index (χ1) is 20.3. The summed E-state index contributed by atoms with van der Waals surface area (Å²) in [4.78, 5) is 37.2. The van der Waals surface area contributed by atoms with Gasteiger partial charge in [-0.2, -0.15) is 15.0 Å². The second-order valence-electron chi connectivity index (χ2n) is 9.22. The Hall–Kier alpha value is -6.10. The van der Waals surface area contributed by atoms with Gasteiger partial charge in [-0.1, -0.05) is 30.3 Å². The standard InChI is InChI=1S/C30H19N11/c1-2-11-25-20(8-1)27-26(12-7-15-33-27)41(25)30-37-28(39-16-23(34-18-39)21-9-3-5-13-31-21)36-29(38-30)40-17-24(35-19-40)22-10-4-6-14-32-22/h1-19H. The minimum atomic E-state index is 0.391. The van der Waals surface area contributed by atoms with Gasteiger partial charge in [-0.05, 0) is 42.5 Å². The van der Waals surface area contributed by atoms with Crippen LogP contribution in [0.25, 0.3) is 62.6 Å². The number of imidazole rings is 2. The van der Waals surface area contributed by atoms with Crippen LogP contribution in [0.5, 0.6) is 0 Å². The highest BCUT2D eigenvalue weighted by Crippen LogP contribution is 2.29. The minimum absolute atomic E-state index is 0.391. The molecule has 8 aromatic rings. The second kappa shape index (κ2) is 9.27. The lowest BCUT2D eigenvalue weighted by atomic mass is 10.2. The predicted octanol–water partition coefficient (Wildman–Crippen LogP) is 4.86. The van der Waals surface area contributed by atoms with Crippen LogP contribution in [0.15, 0.2) is 116 Å². The zero-order valence-corrected chi connectivity index (χ0v) is 21.4. The van der Waals surface area contributed by atoms with Gasteiger partial charge in [-0.3, -0.25) is 28.7 Å². The van der Waals surface area contributed by atoms with E-state index >= 15 is 0 Å². The van der Waals surface area contributed by atoms with Crippen molar-refractivity contribution < 1.29 is 0 Å². The summed E-state index contributed by atoms with van der Waals surface area (Å²) in [6.45, 7) is 0. The van der Waals surface area contributed by atoms with E-state index in [4.69, 9.17) is 15.0 Å². The van der Waals surface area contributed by atoms with Crippen LogP contribution in [0.3, 0.4) is 0 Å². The molecule has 0 saturated carbocycles. The molecule has 11 heteroatoms. The van der Waals surface area contributed by atoms with Gasteiger partial charge in [0, 0.05) is 36.4 Å². The van der Waals surface area contributed by atoms with Crippen molar-refractivity contribution in [2.75, 3.05) is 0 Å². The Labute approximate surface area is 232 Å². The maximum Gasteiger partial charge on any atom is 0.241 e. The highest BCUT2D eigenvalue weighted by atomic mass is 15.3. The van der Waals surface area contributed by atoms with Crippen LogP contribution in [-0.2, 0) is 0 Å². The van der Waals surface area contributed by atoms with Crippen molar-refractivity contribution >= 4 is 21.9 Å². The Morgan fingerprint density at radius 2 is 1.00 bits per heavy atom. The van der Waals surface area contributed by atoms with Gasteiger partial charge in [-0.15, -0.1) is 0 Å². The Bertz CT molecular complexity index is 2010. The summed E-state index contributed by atoms with van der Waals surface area (Å²) in [5.74, 6) is 1.22. The van der Waals surface area contributed by atoms with E-state index < -0.39 is 0 Å². The monoisotopic (exact) mass is 533 g/mol. The normalized spacial score (nSPS) is 11.4. The lowest BCUT2D eigenvalue weighted by Gasteiger charge is -2.10. The lowest BCUT2D eigenvalue weighted by molar-refractivity contribution is 0.810. The molecule has 0 amide bonds. The van der Waals surface area contributed by atoms with Gasteiger partial charge >= 0.3 is 0 Å². The van der Waals surface area contributed by atoms with Gasteiger partial charge in [0.2, 0.25) is 17.8 Å². The van der Waals surface area contributed by atoms with Crippen molar-refractivity contribution in [3.05, 3.63) is 116 Å². The molecule has 0 radical (unpaired) electrons. The molecule has 7 heterocycles. The number of rotatable bonds is 5. The second-order valence-corrected chi connectivity index (χ2v) is 9.22. The molecule has 0 aliphatic carbocycles. The summed E-state index contributed by atoms with van der Waals surface area (Å²) in [5.41, 5.74) is 5.60. The zero-order chi connectivity index (χ0) is 27.2. The topological polar surface area (TPSA) is 118 Å². The fourth-order valence-electron chi connectivity index (χ4n) is 4.83. The number of hydrogen-bond acceptors (Lipinski definition) is 8. The highest BCUT2D eigenvalue weighted by molar-refractivity contribution is 6.06. The number of benzene rings is 1. The molecule has 0 aliphatic rings. The van der Waals surface area contributed by atoms with E-state index in [9.17, 15) is 0 Å². The molecule has 0 spiro atoms. The van der Waals surface area contributed by atoms with Crippen molar-refractivity contribution in [3.8, 4) is 40.6 Å². The number of para-hydroxylation sites is 1. The van der Waals surface area contributed by atoms with Gasteiger partial charge in [-0.25, -0.2) is 9.97 Å². The van der Waals surface area contributed by atoms with Crippen molar-refractivity contribution in [2.45, 2.75) is 0 Å². The first-order valence-corrected chi connectivity index (χ1v) is 12.8. The molecule has 7 aromatic heterocycles. The Balaban J connectivity index is 1.34. The first kappa shape index (κ1) is 22.8. The van der Waals surface area contributed by atoms with E-state index in [1.807, 2.05) is 89.8 Å². The third kappa shape index (κ3) is 3.91. The maximum absolute atomic E-state index is 4.91. The third-order valence-electron chi connectivity index (χ3n) is 6.71. The molecular weight excluding hydrogens is 514 g/mol. The molecule has 0 N–H and O–H groups in total.